The number of halogens is 1. The van der Waals surface area contributed by atoms with Gasteiger partial charge >= 0.3 is 5.97 Å². The van der Waals surface area contributed by atoms with E-state index in [4.69, 9.17) is 21.1 Å². The summed E-state index contributed by atoms with van der Waals surface area (Å²) in [6.07, 6.45) is 1.05. The van der Waals surface area contributed by atoms with E-state index in [0.717, 1.165) is 23.1 Å². The highest BCUT2D eigenvalue weighted by Crippen LogP contribution is 2.21. The fourth-order valence-corrected chi connectivity index (χ4v) is 3.44. The molecule has 9 heteroatoms. The third kappa shape index (κ3) is 5.99. The highest BCUT2D eigenvalue weighted by molar-refractivity contribution is 6.30. The second-order valence-electron chi connectivity index (χ2n) is 7.60. The summed E-state index contributed by atoms with van der Waals surface area (Å²) in [7, 11) is 1.62. The molecular formula is C26H22ClN3O5. The quantitative estimate of drug-likeness (QED) is 0.340. The summed E-state index contributed by atoms with van der Waals surface area (Å²) >= 11 is 5.95. The minimum atomic E-state index is -1.34. The Hall–Kier alpha value is -4.30. The molecule has 178 valence electrons. The molecule has 0 unspecified atom stereocenters. The molecule has 0 radical (unpaired) electrons. The van der Waals surface area contributed by atoms with E-state index in [1.807, 2.05) is 24.3 Å². The van der Waals surface area contributed by atoms with Crippen molar-refractivity contribution in [3.8, 4) is 11.5 Å². The summed E-state index contributed by atoms with van der Waals surface area (Å²) in [5, 5.41) is 13.0. The van der Waals surface area contributed by atoms with Gasteiger partial charge in [0.1, 0.15) is 23.7 Å². The summed E-state index contributed by atoms with van der Waals surface area (Å²) < 4.78 is 12.3. The molecule has 3 aromatic carbocycles. The van der Waals surface area contributed by atoms with E-state index in [0.29, 0.717) is 23.1 Å². The minimum absolute atomic E-state index is 0.121. The van der Waals surface area contributed by atoms with Gasteiger partial charge in [0.2, 0.25) is 5.95 Å². The minimum Gasteiger partial charge on any atom is -0.497 e. The number of nitrogens with zero attached hydrogens (tertiary/aromatic N) is 2. The molecule has 1 heterocycles. The van der Waals surface area contributed by atoms with Crippen molar-refractivity contribution >= 4 is 29.2 Å². The zero-order chi connectivity index (χ0) is 24.8. The zero-order valence-electron chi connectivity index (χ0n) is 18.8. The van der Waals surface area contributed by atoms with Gasteiger partial charge in [-0.2, -0.15) is 0 Å². The zero-order valence-corrected chi connectivity index (χ0v) is 19.5. The number of hydrogen-bond donors (Lipinski definition) is 2. The van der Waals surface area contributed by atoms with Crippen LogP contribution in [0.15, 0.2) is 83.8 Å². The third-order valence-electron chi connectivity index (χ3n) is 5.21. The maximum atomic E-state index is 12.9. The number of rotatable bonds is 9. The molecule has 35 heavy (non-hydrogen) atoms. The number of aromatic carboxylic acids is 1. The normalized spacial score (nSPS) is 10.6. The van der Waals surface area contributed by atoms with Crippen molar-refractivity contribution in [2.24, 2.45) is 0 Å². The molecule has 1 aromatic heterocycles. The van der Waals surface area contributed by atoms with Gasteiger partial charge in [0.05, 0.1) is 19.9 Å². The Morgan fingerprint density at radius 2 is 1.60 bits per heavy atom. The lowest BCUT2D eigenvalue weighted by Gasteiger charge is -2.15. The first-order valence-corrected chi connectivity index (χ1v) is 11.0. The van der Waals surface area contributed by atoms with Gasteiger partial charge in [0, 0.05) is 10.7 Å². The van der Waals surface area contributed by atoms with E-state index in [1.54, 1.807) is 55.6 Å². The number of methoxy groups -OCH3 is 1. The van der Waals surface area contributed by atoms with Crippen LogP contribution in [0.4, 0.5) is 11.6 Å². The Morgan fingerprint density at radius 1 is 0.971 bits per heavy atom. The second-order valence-corrected chi connectivity index (χ2v) is 8.04. The monoisotopic (exact) mass is 491 g/mol. The fourth-order valence-electron chi connectivity index (χ4n) is 3.31. The molecule has 0 aliphatic carbocycles. The molecule has 4 aromatic rings. The van der Waals surface area contributed by atoms with Gasteiger partial charge in [-0.05, 0) is 59.7 Å². The number of anilines is 2. The van der Waals surface area contributed by atoms with Gasteiger partial charge in [-0.1, -0.05) is 35.9 Å². The third-order valence-corrected chi connectivity index (χ3v) is 5.46. The number of ether oxygens (including phenoxy) is 2. The van der Waals surface area contributed by atoms with E-state index in [-0.39, 0.29) is 12.5 Å². The predicted molar refractivity (Wildman–Crippen MR) is 133 cm³/mol. The number of aromatic nitrogens is 2. The van der Waals surface area contributed by atoms with E-state index >= 15 is 0 Å². The summed E-state index contributed by atoms with van der Waals surface area (Å²) in [4.78, 5) is 28.5. The van der Waals surface area contributed by atoms with Crippen molar-refractivity contribution in [3.63, 3.8) is 0 Å². The molecule has 0 spiro atoms. The van der Waals surface area contributed by atoms with Crippen LogP contribution in [0.25, 0.3) is 0 Å². The van der Waals surface area contributed by atoms with E-state index < -0.39 is 17.1 Å². The lowest BCUT2D eigenvalue weighted by Crippen LogP contribution is -2.29. The molecule has 4 rings (SSSR count). The van der Waals surface area contributed by atoms with Crippen molar-refractivity contribution in [2.45, 2.75) is 13.2 Å². The van der Waals surface area contributed by atoms with Crippen molar-refractivity contribution < 1.29 is 19.4 Å². The van der Waals surface area contributed by atoms with Gasteiger partial charge < -0.3 is 19.9 Å². The van der Waals surface area contributed by atoms with E-state index in [9.17, 15) is 14.7 Å². The molecule has 0 aliphatic rings. The van der Waals surface area contributed by atoms with Crippen LogP contribution in [-0.2, 0) is 13.2 Å². The van der Waals surface area contributed by atoms with Crippen molar-refractivity contribution in [3.05, 3.63) is 111 Å². The predicted octanol–water partition coefficient (Wildman–Crippen LogP) is 4.97. The molecule has 0 atom stereocenters. The Bertz CT molecular complexity index is 1370. The first-order valence-electron chi connectivity index (χ1n) is 10.6. The average molecular weight is 492 g/mol. The average Bonchev–Trinajstić information content (AvgIpc) is 2.87. The van der Waals surface area contributed by atoms with Gasteiger partial charge in [-0.25, -0.2) is 9.78 Å². The SMILES string of the molecule is COc1ccc(COc2ccc(Nc3ncc(C(=O)O)c(=O)n3Cc3ccc(Cl)cc3)cc2)cc1. The van der Waals surface area contributed by atoms with E-state index in [2.05, 4.69) is 10.3 Å². The fraction of sp³-hybridized carbons (Fsp3) is 0.115. The van der Waals surface area contributed by atoms with E-state index in [1.165, 1.54) is 4.57 Å². The van der Waals surface area contributed by atoms with Crippen molar-refractivity contribution in [1.82, 2.24) is 9.55 Å². The molecular weight excluding hydrogens is 470 g/mol. The van der Waals surface area contributed by atoms with Crippen LogP contribution < -0.4 is 20.3 Å². The maximum Gasteiger partial charge on any atom is 0.342 e. The first-order chi connectivity index (χ1) is 16.9. The van der Waals surface area contributed by atoms with Gasteiger partial charge in [-0.3, -0.25) is 9.36 Å². The van der Waals surface area contributed by atoms with Crippen LogP contribution in [0.1, 0.15) is 21.5 Å². The van der Waals surface area contributed by atoms with Gasteiger partial charge in [0.25, 0.3) is 5.56 Å². The number of hydrogen-bond acceptors (Lipinski definition) is 6. The first kappa shape index (κ1) is 23.8. The van der Waals surface area contributed by atoms with Crippen LogP contribution in [0, 0.1) is 0 Å². The summed E-state index contributed by atoms with van der Waals surface area (Å²) in [5.74, 6) is 0.321. The molecule has 2 N–H and O–H groups in total. The van der Waals surface area contributed by atoms with Crippen LogP contribution in [0.3, 0.4) is 0 Å². The topological polar surface area (TPSA) is 103 Å². The smallest absolute Gasteiger partial charge is 0.342 e. The number of nitrogens with one attached hydrogen (secondary N) is 1. The Balaban J connectivity index is 1.51. The summed E-state index contributed by atoms with van der Waals surface area (Å²) in [5.41, 5.74) is 1.35. The van der Waals surface area contributed by atoms with Crippen LogP contribution >= 0.6 is 11.6 Å². The number of carboxylic acids is 1. The maximum absolute atomic E-state index is 12.9. The number of carbonyl (C=O) groups is 1. The molecule has 0 bridgehead atoms. The van der Waals surface area contributed by atoms with Crippen molar-refractivity contribution in [1.29, 1.82) is 0 Å². The Labute approximate surface area is 206 Å². The highest BCUT2D eigenvalue weighted by atomic mass is 35.5. The second kappa shape index (κ2) is 10.8. The lowest BCUT2D eigenvalue weighted by atomic mass is 10.2. The van der Waals surface area contributed by atoms with Crippen LogP contribution in [0.2, 0.25) is 5.02 Å². The highest BCUT2D eigenvalue weighted by Gasteiger charge is 2.16. The lowest BCUT2D eigenvalue weighted by molar-refractivity contribution is 0.0693. The molecule has 0 fully saturated rings. The van der Waals surface area contributed by atoms with Gasteiger partial charge in [0.15, 0.2) is 0 Å². The van der Waals surface area contributed by atoms with Gasteiger partial charge in [-0.15, -0.1) is 0 Å². The summed E-state index contributed by atoms with van der Waals surface area (Å²) in [6.45, 7) is 0.519. The molecule has 0 amide bonds. The Morgan fingerprint density at radius 3 is 2.23 bits per heavy atom. The summed E-state index contributed by atoms with van der Waals surface area (Å²) in [6, 6.07) is 21.7. The molecule has 0 aliphatic heterocycles. The van der Waals surface area contributed by atoms with Crippen LogP contribution in [-0.4, -0.2) is 27.7 Å². The van der Waals surface area contributed by atoms with Crippen LogP contribution in [0.5, 0.6) is 11.5 Å². The molecule has 0 saturated carbocycles. The molecule has 0 saturated heterocycles. The number of benzene rings is 3. The number of carboxylic acid groups (broad SMARTS) is 1. The molecule has 8 nitrogen and oxygen atoms in total. The Kier molecular flexibility index (Phi) is 7.32. The van der Waals surface area contributed by atoms with Crippen molar-refractivity contribution in [2.75, 3.05) is 12.4 Å². The standard InChI is InChI=1S/C26H22ClN3O5/c1-34-21-10-4-18(5-11-21)16-35-22-12-8-20(9-13-22)29-26-28-14-23(25(32)33)24(31)30(26)15-17-2-6-19(27)7-3-17/h2-14H,15-16H2,1H3,(H,28,29)(H,32,33). The largest absolute Gasteiger partial charge is 0.497 e.